The number of ether oxygens (including phenoxy) is 1. The Bertz CT molecular complexity index is 538. The Kier molecular flexibility index (Phi) is 2.96. The molecule has 3 N–H and O–H groups in total. The standard InChI is InChI=1S/C13H11NO3/c14-10-6-7-11(15)12(8-10)17-13(16)9-4-2-1-3-5-9/h1-8,15H,14H2. The average molecular weight is 229 g/mol. The largest absolute Gasteiger partial charge is 0.504 e. The molecule has 2 aromatic carbocycles. The minimum Gasteiger partial charge on any atom is -0.504 e. The van der Waals surface area contributed by atoms with Crippen molar-refractivity contribution >= 4 is 11.7 Å². The van der Waals surface area contributed by atoms with E-state index in [0.717, 1.165) is 0 Å². The van der Waals surface area contributed by atoms with Gasteiger partial charge in [0.05, 0.1) is 5.56 Å². The van der Waals surface area contributed by atoms with E-state index in [2.05, 4.69) is 0 Å². The zero-order valence-electron chi connectivity index (χ0n) is 8.96. The Hall–Kier alpha value is -2.49. The highest BCUT2D eigenvalue weighted by molar-refractivity contribution is 5.91. The van der Waals surface area contributed by atoms with Gasteiger partial charge in [-0.05, 0) is 24.3 Å². The SMILES string of the molecule is Nc1ccc(O)c(OC(=O)c2ccccc2)c1. The molecule has 86 valence electrons. The van der Waals surface area contributed by atoms with E-state index >= 15 is 0 Å². The highest BCUT2D eigenvalue weighted by Gasteiger charge is 2.11. The highest BCUT2D eigenvalue weighted by atomic mass is 16.5. The van der Waals surface area contributed by atoms with Gasteiger partial charge in [0.1, 0.15) is 0 Å². The average Bonchev–Trinajstić information content (AvgIpc) is 2.35. The zero-order valence-corrected chi connectivity index (χ0v) is 8.96. The van der Waals surface area contributed by atoms with Gasteiger partial charge in [-0.15, -0.1) is 0 Å². The molecule has 4 heteroatoms. The summed E-state index contributed by atoms with van der Waals surface area (Å²) in [4.78, 5) is 11.7. The fourth-order valence-corrected chi connectivity index (χ4v) is 1.35. The molecule has 0 aromatic heterocycles. The number of esters is 1. The summed E-state index contributed by atoms with van der Waals surface area (Å²) >= 11 is 0. The molecule has 2 rings (SSSR count). The normalized spacial score (nSPS) is 9.88. The minimum atomic E-state index is -0.536. The first kappa shape index (κ1) is 11.0. The summed E-state index contributed by atoms with van der Waals surface area (Å²) in [6.45, 7) is 0. The summed E-state index contributed by atoms with van der Waals surface area (Å²) < 4.78 is 5.04. The molecule has 0 atom stereocenters. The van der Waals surface area contributed by atoms with Gasteiger partial charge in [0.15, 0.2) is 11.5 Å². The lowest BCUT2D eigenvalue weighted by atomic mass is 10.2. The van der Waals surface area contributed by atoms with Gasteiger partial charge < -0.3 is 15.6 Å². The van der Waals surface area contributed by atoms with Crippen LogP contribution in [0, 0.1) is 0 Å². The van der Waals surface area contributed by atoms with Crippen molar-refractivity contribution in [2.75, 3.05) is 5.73 Å². The molecule has 0 fully saturated rings. The molecule has 0 aliphatic rings. The van der Waals surface area contributed by atoms with Crippen LogP contribution in [-0.2, 0) is 0 Å². The third-order valence-corrected chi connectivity index (χ3v) is 2.20. The minimum absolute atomic E-state index is 0.0545. The maximum atomic E-state index is 11.7. The van der Waals surface area contributed by atoms with Gasteiger partial charge in [-0.25, -0.2) is 4.79 Å². The Morgan fingerprint density at radius 3 is 2.53 bits per heavy atom. The summed E-state index contributed by atoms with van der Waals surface area (Å²) in [6, 6.07) is 12.8. The molecule has 0 unspecified atom stereocenters. The lowest BCUT2D eigenvalue weighted by Gasteiger charge is -2.06. The molecular formula is C13H11NO3. The lowest BCUT2D eigenvalue weighted by Crippen LogP contribution is -2.08. The molecular weight excluding hydrogens is 218 g/mol. The summed E-state index contributed by atoms with van der Waals surface area (Å²) in [5.74, 6) is -0.603. The Morgan fingerprint density at radius 1 is 1.12 bits per heavy atom. The molecule has 2 aromatic rings. The quantitative estimate of drug-likeness (QED) is 0.358. The number of anilines is 1. The number of aromatic hydroxyl groups is 1. The molecule has 4 nitrogen and oxygen atoms in total. The third-order valence-electron chi connectivity index (χ3n) is 2.20. The molecule has 0 saturated carbocycles. The number of carbonyl (C=O) groups is 1. The van der Waals surface area contributed by atoms with Crippen LogP contribution in [0.1, 0.15) is 10.4 Å². The third kappa shape index (κ3) is 2.55. The molecule has 0 spiro atoms. The number of hydrogen-bond acceptors (Lipinski definition) is 4. The fraction of sp³-hybridized carbons (Fsp3) is 0. The smallest absolute Gasteiger partial charge is 0.343 e. The molecule has 17 heavy (non-hydrogen) atoms. The number of carbonyl (C=O) groups excluding carboxylic acids is 1. The number of phenols is 1. The van der Waals surface area contributed by atoms with Gasteiger partial charge in [0.2, 0.25) is 0 Å². The van der Waals surface area contributed by atoms with Crippen molar-refractivity contribution in [3.05, 3.63) is 54.1 Å². The topological polar surface area (TPSA) is 72.6 Å². The van der Waals surface area contributed by atoms with Gasteiger partial charge >= 0.3 is 5.97 Å². The Labute approximate surface area is 98.3 Å². The predicted molar refractivity (Wildman–Crippen MR) is 63.9 cm³/mol. The van der Waals surface area contributed by atoms with Gasteiger partial charge in [0, 0.05) is 11.8 Å². The molecule has 0 heterocycles. The van der Waals surface area contributed by atoms with Crippen LogP contribution in [-0.4, -0.2) is 11.1 Å². The summed E-state index contributed by atoms with van der Waals surface area (Å²) in [6.07, 6.45) is 0. The van der Waals surface area contributed by atoms with Crippen molar-refractivity contribution in [1.82, 2.24) is 0 Å². The number of phenolic OH excluding ortho intramolecular Hbond substituents is 1. The zero-order chi connectivity index (χ0) is 12.3. The predicted octanol–water partition coefficient (Wildman–Crippen LogP) is 2.19. The van der Waals surface area contributed by atoms with Crippen molar-refractivity contribution in [1.29, 1.82) is 0 Å². The van der Waals surface area contributed by atoms with E-state index in [1.165, 1.54) is 18.2 Å². The van der Waals surface area contributed by atoms with Crippen LogP contribution >= 0.6 is 0 Å². The second-order valence-electron chi connectivity index (χ2n) is 3.48. The van der Waals surface area contributed by atoms with Gasteiger partial charge in [-0.3, -0.25) is 0 Å². The van der Waals surface area contributed by atoms with E-state index in [0.29, 0.717) is 11.3 Å². The van der Waals surface area contributed by atoms with Crippen molar-refractivity contribution in [3.63, 3.8) is 0 Å². The second-order valence-corrected chi connectivity index (χ2v) is 3.48. The maximum absolute atomic E-state index is 11.7. The highest BCUT2D eigenvalue weighted by Crippen LogP contribution is 2.28. The van der Waals surface area contributed by atoms with Gasteiger partial charge in [-0.2, -0.15) is 0 Å². The molecule has 0 aliphatic carbocycles. The first-order valence-corrected chi connectivity index (χ1v) is 5.02. The Balaban J connectivity index is 2.22. The molecule has 0 aliphatic heterocycles. The van der Waals surface area contributed by atoms with E-state index in [-0.39, 0.29) is 11.5 Å². The molecule has 0 saturated heterocycles. The number of rotatable bonds is 2. The van der Waals surface area contributed by atoms with Crippen LogP contribution in [0.15, 0.2) is 48.5 Å². The van der Waals surface area contributed by atoms with Crippen molar-refractivity contribution < 1.29 is 14.6 Å². The van der Waals surface area contributed by atoms with Gasteiger partial charge in [-0.1, -0.05) is 18.2 Å². The summed E-state index contributed by atoms with van der Waals surface area (Å²) in [5, 5.41) is 9.50. The first-order chi connectivity index (χ1) is 8.16. The first-order valence-electron chi connectivity index (χ1n) is 5.02. The van der Waals surface area contributed by atoms with E-state index in [1.807, 2.05) is 0 Å². The van der Waals surface area contributed by atoms with Crippen LogP contribution in [0.5, 0.6) is 11.5 Å². The second kappa shape index (κ2) is 4.57. The van der Waals surface area contributed by atoms with Crippen LogP contribution in [0.3, 0.4) is 0 Å². The number of hydrogen-bond donors (Lipinski definition) is 2. The van der Waals surface area contributed by atoms with E-state index in [9.17, 15) is 9.90 Å². The number of nitrogens with two attached hydrogens (primary N) is 1. The van der Waals surface area contributed by atoms with E-state index in [1.54, 1.807) is 30.3 Å². The van der Waals surface area contributed by atoms with Crippen LogP contribution in [0.4, 0.5) is 5.69 Å². The van der Waals surface area contributed by atoms with Crippen LogP contribution in [0.2, 0.25) is 0 Å². The van der Waals surface area contributed by atoms with Gasteiger partial charge in [0.25, 0.3) is 0 Å². The maximum Gasteiger partial charge on any atom is 0.343 e. The van der Waals surface area contributed by atoms with E-state index in [4.69, 9.17) is 10.5 Å². The number of nitrogen functional groups attached to an aromatic ring is 1. The van der Waals surface area contributed by atoms with Crippen LogP contribution in [0.25, 0.3) is 0 Å². The monoisotopic (exact) mass is 229 g/mol. The van der Waals surface area contributed by atoms with Crippen molar-refractivity contribution in [3.8, 4) is 11.5 Å². The van der Waals surface area contributed by atoms with E-state index < -0.39 is 5.97 Å². The lowest BCUT2D eigenvalue weighted by molar-refractivity contribution is 0.0730. The Morgan fingerprint density at radius 2 is 1.82 bits per heavy atom. The molecule has 0 bridgehead atoms. The number of benzene rings is 2. The summed E-state index contributed by atoms with van der Waals surface area (Å²) in [5.41, 5.74) is 6.37. The fourth-order valence-electron chi connectivity index (χ4n) is 1.35. The van der Waals surface area contributed by atoms with Crippen molar-refractivity contribution in [2.24, 2.45) is 0 Å². The molecule has 0 radical (unpaired) electrons. The van der Waals surface area contributed by atoms with Crippen molar-refractivity contribution in [2.45, 2.75) is 0 Å². The van der Waals surface area contributed by atoms with Crippen LogP contribution < -0.4 is 10.5 Å². The molecule has 0 amide bonds. The summed E-state index contributed by atoms with van der Waals surface area (Å²) in [7, 11) is 0.